The molecule has 1 aliphatic heterocycles. The Morgan fingerprint density at radius 3 is 2.03 bits per heavy atom. The van der Waals surface area contributed by atoms with Gasteiger partial charge in [0.1, 0.15) is 48.9 Å². The summed E-state index contributed by atoms with van der Waals surface area (Å²) in [5, 5.41) is 18.9. The summed E-state index contributed by atoms with van der Waals surface area (Å²) in [5.41, 5.74) is 21.9. The third kappa shape index (κ3) is 12.3. The summed E-state index contributed by atoms with van der Waals surface area (Å²) in [6.45, 7) is 2.50. The van der Waals surface area contributed by atoms with Crippen molar-refractivity contribution in [1.29, 1.82) is 0 Å². The number of amides is 4. The summed E-state index contributed by atoms with van der Waals surface area (Å²) in [7, 11) is 1.45. The summed E-state index contributed by atoms with van der Waals surface area (Å²) in [5.74, 6) is -2.94. The van der Waals surface area contributed by atoms with Crippen molar-refractivity contribution in [3.8, 4) is 33.8 Å². The lowest BCUT2D eigenvalue weighted by Gasteiger charge is -2.32. The van der Waals surface area contributed by atoms with Crippen molar-refractivity contribution >= 4 is 41.2 Å². The predicted octanol–water partition coefficient (Wildman–Crippen LogP) is 3.34. The highest BCUT2D eigenvalue weighted by atomic mass is 35.5. The highest BCUT2D eigenvalue weighted by molar-refractivity contribution is 6.30. The molecule has 0 radical (unpaired) electrons. The predicted molar refractivity (Wildman–Crippen MR) is 233 cm³/mol. The number of carboxylic acid groups (broad SMARTS) is 1. The molecule has 10 N–H and O–H groups in total. The number of carbonyl (C=O) groups excluding carboxylic acids is 4. The molecule has 4 aromatic rings. The number of likely N-dealkylation sites (N-methyl/N-ethyl adjacent to an activating group) is 1. The number of carboxylic acids is 1. The number of fused-ring (bicyclic) bond motifs is 5. The number of benzene rings is 4. The van der Waals surface area contributed by atoms with Crippen LogP contribution in [0.3, 0.4) is 0 Å². The molecule has 324 valence electrons. The zero-order chi connectivity index (χ0) is 44.1. The Morgan fingerprint density at radius 1 is 0.820 bits per heavy atom. The molecule has 0 aromatic heterocycles. The van der Waals surface area contributed by atoms with Crippen LogP contribution in [0.4, 0.5) is 0 Å². The van der Waals surface area contributed by atoms with E-state index in [1.165, 1.54) is 18.9 Å². The monoisotopic (exact) mass is 855 g/mol. The highest BCUT2D eigenvalue weighted by Crippen LogP contribution is 2.40. The minimum atomic E-state index is -1.35. The van der Waals surface area contributed by atoms with Crippen molar-refractivity contribution in [2.45, 2.75) is 63.2 Å². The number of aliphatic carboxylic acids is 1. The van der Waals surface area contributed by atoms with E-state index in [-0.39, 0.29) is 45.6 Å². The lowest BCUT2D eigenvalue weighted by atomic mass is 9.93. The zero-order valence-electron chi connectivity index (χ0n) is 34.3. The van der Waals surface area contributed by atoms with Gasteiger partial charge in [-0.3, -0.25) is 19.2 Å². The fraction of sp³-hybridized carbons (Fsp3) is 0.356. The van der Waals surface area contributed by atoms with E-state index in [1.807, 2.05) is 36.4 Å². The maximum Gasteiger partial charge on any atom is 0.326 e. The average Bonchev–Trinajstić information content (AvgIpc) is 3.24. The fourth-order valence-electron chi connectivity index (χ4n) is 7.08. The molecule has 4 amide bonds. The van der Waals surface area contributed by atoms with Crippen molar-refractivity contribution < 1.29 is 38.6 Å². The molecule has 1 heterocycles. The van der Waals surface area contributed by atoms with Crippen LogP contribution in [0, 0.1) is 0 Å². The molecular formula is C45H54ClN7O8. The lowest BCUT2D eigenvalue weighted by Crippen LogP contribution is -2.55. The summed E-state index contributed by atoms with van der Waals surface area (Å²) < 4.78 is 12.1. The molecule has 4 unspecified atom stereocenters. The van der Waals surface area contributed by atoms with Gasteiger partial charge in [0.25, 0.3) is 0 Å². The fourth-order valence-corrected chi connectivity index (χ4v) is 7.21. The SMILES string of the molecule is CC1NC(=O)C(N(C)C(=O)C(CCCCN)NC(=O)Cc2ccc(-c3ccc(Cl)cc3)cc2)c2ccc(OCCN)c(c2)-c2cc(ccc2OCCN)CC(C(=O)O)NC1=O. The molecular weight excluding hydrogens is 802 g/mol. The van der Waals surface area contributed by atoms with Crippen LogP contribution in [0.25, 0.3) is 22.3 Å². The molecule has 4 aromatic carbocycles. The van der Waals surface area contributed by atoms with Gasteiger partial charge in [-0.25, -0.2) is 4.79 Å². The third-order valence-corrected chi connectivity index (χ3v) is 10.5. The average molecular weight is 856 g/mol. The number of nitrogens with zero attached hydrogens (tertiary/aromatic N) is 1. The van der Waals surface area contributed by atoms with E-state index >= 15 is 0 Å². The molecule has 61 heavy (non-hydrogen) atoms. The maximum atomic E-state index is 14.6. The molecule has 0 aliphatic carbocycles. The van der Waals surface area contributed by atoms with E-state index < -0.39 is 53.8 Å². The van der Waals surface area contributed by atoms with Gasteiger partial charge in [0.05, 0.1) is 6.42 Å². The number of carbonyl (C=O) groups is 5. The first kappa shape index (κ1) is 46.1. The van der Waals surface area contributed by atoms with Crippen LogP contribution in [-0.4, -0.2) is 97.6 Å². The number of ether oxygens (including phenoxy) is 2. The normalized spacial score (nSPS) is 16.9. The van der Waals surface area contributed by atoms with E-state index in [1.54, 1.807) is 48.5 Å². The van der Waals surface area contributed by atoms with Gasteiger partial charge in [-0.2, -0.15) is 0 Å². The molecule has 1 aliphatic rings. The first-order chi connectivity index (χ1) is 29.3. The quantitative estimate of drug-likeness (QED) is 0.0760. The third-order valence-electron chi connectivity index (χ3n) is 10.3. The second-order valence-electron chi connectivity index (χ2n) is 14.8. The van der Waals surface area contributed by atoms with E-state index in [9.17, 15) is 29.1 Å². The molecule has 4 bridgehead atoms. The Hall–Kier alpha value is -6.00. The highest BCUT2D eigenvalue weighted by Gasteiger charge is 2.36. The van der Waals surface area contributed by atoms with Crippen molar-refractivity contribution in [2.24, 2.45) is 17.2 Å². The number of nitrogens with two attached hydrogens (primary N) is 3. The summed E-state index contributed by atoms with van der Waals surface area (Å²) in [4.78, 5) is 69.7. The van der Waals surface area contributed by atoms with E-state index in [2.05, 4.69) is 16.0 Å². The Bertz CT molecular complexity index is 2170. The van der Waals surface area contributed by atoms with Gasteiger partial charge in [0.2, 0.25) is 23.6 Å². The smallest absolute Gasteiger partial charge is 0.326 e. The Morgan fingerprint density at radius 2 is 1.43 bits per heavy atom. The number of unbranched alkanes of at least 4 members (excludes halogenated alkanes) is 1. The topological polar surface area (TPSA) is 241 Å². The van der Waals surface area contributed by atoms with E-state index in [0.717, 1.165) is 16.7 Å². The Labute approximate surface area is 360 Å². The second kappa shape index (κ2) is 22.0. The van der Waals surface area contributed by atoms with Crippen molar-refractivity contribution in [1.82, 2.24) is 20.9 Å². The molecule has 0 fully saturated rings. The zero-order valence-corrected chi connectivity index (χ0v) is 35.1. The van der Waals surface area contributed by atoms with Crippen LogP contribution >= 0.6 is 11.6 Å². The van der Waals surface area contributed by atoms with Crippen LogP contribution in [0.15, 0.2) is 84.9 Å². The summed E-state index contributed by atoms with van der Waals surface area (Å²) >= 11 is 6.05. The van der Waals surface area contributed by atoms with E-state index in [4.69, 9.17) is 38.3 Å². The van der Waals surface area contributed by atoms with Gasteiger partial charge in [-0.15, -0.1) is 0 Å². The molecule has 0 saturated heterocycles. The summed E-state index contributed by atoms with van der Waals surface area (Å²) in [6, 6.07) is 20.1. The second-order valence-corrected chi connectivity index (χ2v) is 15.3. The van der Waals surface area contributed by atoms with Gasteiger partial charge in [-0.05, 0) is 96.9 Å². The van der Waals surface area contributed by atoms with Crippen LogP contribution in [0.1, 0.15) is 48.9 Å². The summed E-state index contributed by atoms with van der Waals surface area (Å²) in [6.07, 6.45) is 1.23. The molecule has 5 rings (SSSR count). The molecule has 16 heteroatoms. The van der Waals surface area contributed by atoms with Crippen molar-refractivity contribution in [3.63, 3.8) is 0 Å². The molecule has 4 atom stereocenters. The van der Waals surface area contributed by atoms with Crippen LogP contribution in [-0.2, 0) is 36.8 Å². The standard InChI is InChI=1S/C45H54ClN7O8/c1-27-42(55)52-37(45(58)59)24-29-8-16-38(60-21-19-48)34(23-29)35-26-32(13-17-39(35)61-22-20-49)41(43(56)50-27)53(2)44(57)36(5-3-4-18-47)51-40(54)25-28-6-9-30(10-7-28)31-11-14-33(46)15-12-31/h6-17,23,26-27,36-37,41H,3-5,18-22,24-25,47-49H2,1-2H3,(H,50,56)(H,51,54)(H,52,55)(H,58,59). The van der Waals surface area contributed by atoms with Gasteiger partial charge in [0, 0.05) is 42.7 Å². The van der Waals surface area contributed by atoms with Crippen LogP contribution < -0.4 is 42.6 Å². The molecule has 0 saturated carbocycles. The Kier molecular flexibility index (Phi) is 16.6. The molecule has 0 spiro atoms. The van der Waals surface area contributed by atoms with Crippen LogP contribution in [0.2, 0.25) is 5.02 Å². The van der Waals surface area contributed by atoms with Gasteiger partial charge in [0.15, 0.2) is 0 Å². The van der Waals surface area contributed by atoms with Gasteiger partial charge in [-0.1, -0.05) is 60.1 Å². The van der Waals surface area contributed by atoms with Crippen LogP contribution in [0.5, 0.6) is 11.5 Å². The lowest BCUT2D eigenvalue weighted by molar-refractivity contribution is -0.143. The number of rotatable bonds is 17. The first-order valence-electron chi connectivity index (χ1n) is 20.2. The maximum absolute atomic E-state index is 14.6. The van der Waals surface area contributed by atoms with Crippen molar-refractivity contribution in [3.05, 3.63) is 107 Å². The number of halogens is 1. The Balaban J connectivity index is 1.53. The van der Waals surface area contributed by atoms with Crippen molar-refractivity contribution in [2.75, 3.05) is 39.9 Å². The largest absolute Gasteiger partial charge is 0.492 e. The minimum Gasteiger partial charge on any atom is -0.492 e. The van der Waals surface area contributed by atoms with E-state index in [0.29, 0.717) is 58.2 Å². The number of nitrogens with one attached hydrogen (secondary N) is 3. The van der Waals surface area contributed by atoms with Gasteiger partial charge < -0.3 is 52.6 Å². The van der Waals surface area contributed by atoms with Gasteiger partial charge >= 0.3 is 5.97 Å². The minimum absolute atomic E-state index is 0.0135. The first-order valence-corrected chi connectivity index (χ1v) is 20.6. The molecule has 15 nitrogen and oxygen atoms in total. The number of hydrogen-bond acceptors (Lipinski definition) is 10. The number of hydrogen-bond donors (Lipinski definition) is 7.